The highest BCUT2D eigenvalue weighted by atomic mass is 19.1. The van der Waals surface area contributed by atoms with E-state index in [4.69, 9.17) is 4.74 Å². The lowest BCUT2D eigenvalue weighted by molar-refractivity contribution is 0.0458. The summed E-state index contributed by atoms with van der Waals surface area (Å²) >= 11 is 0. The fraction of sp³-hybridized carbons (Fsp3) is 0.0556. The molecule has 0 fully saturated rings. The zero-order valence-electron chi connectivity index (χ0n) is 11.0. The molecule has 0 radical (unpaired) electrons. The molecule has 1 atom stereocenters. The number of ether oxygens (including phenoxy) is 1. The molecule has 0 aromatic heterocycles. The molecule has 1 heterocycles. The minimum atomic E-state index is -0.473. The molecule has 3 aromatic carbocycles. The van der Waals surface area contributed by atoms with Crippen molar-refractivity contribution in [1.82, 2.24) is 0 Å². The van der Waals surface area contributed by atoms with E-state index in [-0.39, 0.29) is 11.8 Å². The maximum Gasteiger partial charge on any atom is 0.339 e. The molecule has 1 aliphatic heterocycles. The minimum absolute atomic E-state index is 0.271. The number of fused-ring (bicyclic) bond motifs is 2. The number of halogens is 1. The van der Waals surface area contributed by atoms with Crippen molar-refractivity contribution in [2.75, 3.05) is 0 Å². The molecule has 0 N–H and O–H groups in total. The summed E-state index contributed by atoms with van der Waals surface area (Å²) in [4.78, 5) is 12.0. The normalized spacial score (nSPS) is 16.8. The molecule has 0 bridgehead atoms. The highest BCUT2D eigenvalue weighted by molar-refractivity contribution is 5.96. The number of rotatable bonds is 1. The first-order valence-corrected chi connectivity index (χ1v) is 6.73. The number of esters is 1. The molecule has 1 unspecified atom stereocenters. The Bertz CT molecular complexity index is 870. The molecular weight excluding hydrogens is 267 g/mol. The molecule has 3 aromatic rings. The van der Waals surface area contributed by atoms with Crippen LogP contribution in [0, 0.1) is 5.82 Å². The Kier molecular flexibility index (Phi) is 2.54. The van der Waals surface area contributed by atoms with Crippen LogP contribution >= 0.6 is 0 Å². The second-order valence-corrected chi connectivity index (χ2v) is 5.05. The van der Waals surface area contributed by atoms with E-state index in [0.29, 0.717) is 10.9 Å². The van der Waals surface area contributed by atoms with Crippen LogP contribution in [0.25, 0.3) is 10.8 Å². The summed E-state index contributed by atoms with van der Waals surface area (Å²) in [6.45, 7) is 0. The second-order valence-electron chi connectivity index (χ2n) is 5.05. The maximum absolute atomic E-state index is 13.9. The summed E-state index contributed by atoms with van der Waals surface area (Å²) in [6.07, 6.45) is -0.473. The van der Waals surface area contributed by atoms with Gasteiger partial charge in [0.2, 0.25) is 0 Å². The Morgan fingerprint density at radius 1 is 0.810 bits per heavy atom. The molecule has 21 heavy (non-hydrogen) atoms. The van der Waals surface area contributed by atoms with Gasteiger partial charge in [0.25, 0.3) is 0 Å². The predicted molar refractivity (Wildman–Crippen MR) is 77.6 cm³/mol. The Hall–Kier alpha value is -2.68. The molecular formula is C18H11FO2. The average Bonchev–Trinajstić information content (AvgIpc) is 2.85. The van der Waals surface area contributed by atoms with E-state index < -0.39 is 6.10 Å². The zero-order chi connectivity index (χ0) is 14.4. The van der Waals surface area contributed by atoms with Crippen molar-refractivity contribution in [2.45, 2.75) is 6.10 Å². The van der Waals surface area contributed by atoms with Crippen molar-refractivity contribution >= 4 is 16.7 Å². The van der Waals surface area contributed by atoms with Crippen LogP contribution in [0.5, 0.6) is 0 Å². The zero-order valence-corrected chi connectivity index (χ0v) is 11.0. The van der Waals surface area contributed by atoms with Crippen molar-refractivity contribution in [3.63, 3.8) is 0 Å². The van der Waals surface area contributed by atoms with Gasteiger partial charge in [-0.25, -0.2) is 9.18 Å². The Morgan fingerprint density at radius 3 is 2.43 bits per heavy atom. The van der Waals surface area contributed by atoms with Gasteiger partial charge in [0, 0.05) is 16.5 Å². The summed E-state index contributed by atoms with van der Waals surface area (Å²) in [5.41, 5.74) is 2.22. The SMILES string of the molecule is O=C1OC(c2cccc3c(F)cccc23)c2ccccc21. The number of carbonyl (C=O) groups is 1. The van der Waals surface area contributed by atoms with Crippen LogP contribution in [0.1, 0.15) is 27.6 Å². The molecule has 0 saturated carbocycles. The van der Waals surface area contributed by atoms with Crippen LogP contribution < -0.4 is 0 Å². The molecule has 102 valence electrons. The third-order valence-corrected chi connectivity index (χ3v) is 3.87. The van der Waals surface area contributed by atoms with E-state index in [2.05, 4.69) is 0 Å². The van der Waals surface area contributed by atoms with E-state index in [9.17, 15) is 9.18 Å². The Labute approximate surface area is 120 Å². The first-order chi connectivity index (χ1) is 10.3. The molecule has 0 saturated heterocycles. The molecule has 0 aliphatic carbocycles. The summed E-state index contributed by atoms with van der Waals surface area (Å²) in [7, 11) is 0. The molecule has 1 aliphatic rings. The maximum atomic E-state index is 13.9. The van der Waals surface area contributed by atoms with Gasteiger partial charge in [-0.15, -0.1) is 0 Å². The molecule has 4 rings (SSSR count). The number of benzene rings is 3. The van der Waals surface area contributed by atoms with E-state index in [0.717, 1.165) is 16.5 Å². The molecule has 3 heteroatoms. The third-order valence-electron chi connectivity index (χ3n) is 3.87. The summed E-state index contributed by atoms with van der Waals surface area (Å²) in [5.74, 6) is -0.601. The highest BCUT2D eigenvalue weighted by Gasteiger charge is 2.32. The van der Waals surface area contributed by atoms with Crippen molar-refractivity contribution in [1.29, 1.82) is 0 Å². The first-order valence-electron chi connectivity index (χ1n) is 6.73. The minimum Gasteiger partial charge on any atom is -0.449 e. The van der Waals surface area contributed by atoms with E-state index in [1.54, 1.807) is 24.3 Å². The lowest BCUT2D eigenvalue weighted by Crippen LogP contribution is -2.01. The average molecular weight is 278 g/mol. The van der Waals surface area contributed by atoms with Gasteiger partial charge in [0.05, 0.1) is 5.56 Å². The van der Waals surface area contributed by atoms with Gasteiger partial charge in [-0.2, -0.15) is 0 Å². The van der Waals surface area contributed by atoms with Gasteiger partial charge < -0.3 is 4.74 Å². The molecule has 0 amide bonds. The monoisotopic (exact) mass is 278 g/mol. The van der Waals surface area contributed by atoms with Crippen molar-refractivity contribution < 1.29 is 13.9 Å². The van der Waals surface area contributed by atoms with Gasteiger partial charge in [-0.3, -0.25) is 0 Å². The van der Waals surface area contributed by atoms with Gasteiger partial charge in [0.15, 0.2) is 6.10 Å². The fourth-order valence-electron chi connectivity index (χ4n) is 2.90. The first kappa shape index (κ1) is 12.1. The van der Waals surface area contributed by atoms with Crippen LogP contribution in [-0.2, 0) is 4.74 Å². The lowest BCUT2D eigenvalue weighted by atomic mass is 9.95. The molecule has 0 spiro atoms. The Morgan fingerprint density at radius 2 is 1.52 bits per heavy atom. The standard InChI is InChI=1S/C18H11FO2/c19-16-10-4-7-11-12(16)8-3-9-13(11)17-14-5-1-2-6-15(14)18(20)21-17/h1-10,17H. The molecule has 2 nitrogen and oxygen atoms in total. The van der Waals surface area contributed by atoms with E-state index in [1.807, 2.05) is 30.3 Å². The van der Waals surface area contributed by atoms with Crippen LogP contribution in [0.4, 0.5) is 4.39 Å². The largest absolute Gasteiger partial charge is 0.449 e. The third kappa shape index (κ3) is 1.74. The van der Waals surface area contributed by atoms with Crippen molar-refractivity contribution in [3.05, 3.63) is 83.2 Å². The van der Waals surface area contributed by atoms with Gasteiger partial charge in [0.1, 0.15) is 5.82 Å². The van der Waals surface area contributed by atoms with Gasteiger partial charge in [-0.1, -0.05) is 48.5 Å². The van der Waals surface area contributed by atoms with E-state index >= 15 is 0 Å². The summed E-state index contributed by atoms with van der Waals surface area (Å²) in [6, 6.07) is 17.7. The van der Waals surface area contributed by atoms with Crippen LogP contribution in [0.15, 0.2) is 60.7 Å². The second kappa shape index (κ2) is 4.42. The number of cyclic esters (lactones) is 1. The predicted octanol–water partition coefficient (Wildman–Crippen LogP) is 4.24. The lowest BCUT2D eigenvalue weighted by Gasteiger charge is -2.14. The van der Waals surface area contributed by atoms with Crippen LogP contribution in [0.3, 0.4) is 0 Å². The smallest absolute Gasteiger partial charge is 0.339 e. The number of hydrogen-bond acceptors (Lipinski definition) is 2. The highest BCUT2D eigenvalue weighted by Crippen LogP contribution is 2.38. The van der Waals surface area contributed by atoms with E-state index in [1.165, 1.54) is 6.07 Å². The van der Waals surface area contributed by atoms with Crippen LogP contribution in [-0.4, -0.2) is 5.97 Å². The van der Waals surface area contributed by atoms with Gasteiger partial charge >= 0.3 is 5.97 Å². The Balaban J connectivity index is 1.97. The quantitative estimate of drug-likeness (QED) is 0.622. The van der Waals surface area contributed by atoms with Crippen molar-refractivity contribution in [2.24, 2.45) is 0 Å². The van der Waals surface area contributed by atoms with Crippen molar-refractivity contribution in [3.8, 4) is 0 Å². The number of hydrogen-bond donors (Lipinski definition) is 0. The summed E-state index contributed by atoms with van der Waals surface area (Å²) in [5, 5.41) is 1.31. The number of carbonyl (C=O) groups excluding carboxylic acids is 1. The van der Waals surface area contributed by atoms with Gasteiger partial charge in [-0.05, 0) is 17.5 Å². The topological polar surface area (TPSA) is 26.3 Å². The fourth-order valence-corrected chi connectivity index (χ4v) is 2.90. The van der Waals surface area contributed by atoms with Crippen LogP contribution in [0.2, 0.25) is 0 Å². The summed E-state index contributed by atoms with van der Waals surface area (Å²) < 4.78 is 19.4.